The lowest BCUT2D eigenvalue weighted by atomic mass is 10.1. The normalized spacial score (nSPS) is 14.5. The standard InChI is InChI=1S/C89H150O17P2/c1-5-9-13-17-21-25-29-33-37-39-41-43-47-49-53-57-61-65-69-73-86(91)99-79-84(105-88(93)75-71-67-63-59-55-51-45-35-31-27-23-19-15-11-7-3)81-103-107(95,96)101-77-83(90)78-102-108(97,98)104-82-85(106-89(94)76-72-68-64-60-56-52-46-36-32-28-24-20-16-12-8-4)80-100-87(92)74-70-66-62-58-54-50-48-44-42-40-38-34-30-26-22-18-14-10-6-2/h9,11,13,15,21-23,25-27,33-38,41-46,49,53,83-85,90H,5-8,10,12,14,16-20,24,28-32,39-40,47-48,50-52,54-82H2,1-4H3,(H,95,96)(H,97,98)/b13-9-,15-11-,25-21-,26-22-,27-23-,37-33-,38-34-,43-41-,44-42-,45-35-,46-36-,53-49-. The fourth-order valence-corrected chi connectivity index (χ4v) is 12.5. The van der Waals surface area contributed by atoms with E-state index in [1.165, 1.54) is 57.8 Å². The number of unbranched alkanes of at least 4 members (excludes halogenated alkanes) is 28. The maximum atomic E-state index is 13.1. The monoisotopic (exact) mass is 1550 g/mol. The van der Waals surface area contributed by atoms with Crippen LogP contribution in [0.15, 0.2) is 146 Å². The molecule has 0 amide bonds. The minimum atomic E-state index is -5.00. The van der Waals surface area contributed by atoms with Gasteiger partial charge < -0.3 is 33.8 Å². The number of phosphoric ester groups is 2. The molecule has 19 heteroatoms. The summed E-state index contributed by atoms with van der Waals surface area (Å²) in [4.78, 5) is 73.2. The first-order chi connectivity index (χ1) is 52.7. The molecule has 108 heavy (non-hydrogen) atoms. The predicted octanol–water partition coefficient (Wildman–Crippen LogP) is 25.0. The summed E-state index contributed by atoms with van der Waals surface area (Å²) in [7, 11) is -9.99. The van der Waals surface area contributed by atoms with Gasteiger partial charge in [-0.15, -0.1) is 0 Å². The van der Waals surface area contributed by atoms with Gasteiger partial charge in [0.25, 0.3) is 0 Å². The van der Waals surface area contributed by atoms with Gasteiger partial charge in [0.15, 0.2) is 12.2 Å². The van der Waals surface area contributed by atoms with Crippen LogP contribution in [0.4, 0.5) is 0 Å². The maximum Gasteiger partial charge on any atom is 0.472 e. The number of rotatable bonds is 78. The van der Waals surface area contributed by atoms with Crippen molar-refractivity contribution in [1.82, 2.24) is 0 Å². The summed E-state index contributed by atoms with van der Waals surface area (Å²) in [6.07, 6.45) is 92.4. The number of ether oxygens (including phenoxy) is 4. The van der Waals surface area contributed by atoms with Crippen molar-refractivity contribution in [3.63, 3.8) is 0 Å². The summed E-state index contributed by atoms with van der Waals surface area (Å²) in [5.74, 6) is -2.25. The van der Waals surface area contributed by atoms with Crippen molar-refractivity contribution >= 4 is 39.5 Å². The molecule has 17 nitrogen and oxygen atoms in total. The van der Waals surface area contributed by atoms with Crippen molar-refractivity contribution in [3.05, 3.63) is 146 Å². The molecule has 0 aliphatic heterocycles. The van der Waals surface area contributed by atoms with Gasteiger partial charge in [0.05, 0.1) is 26.4 Å². The van der Waals surface area contributed by atoms with E-state index in [2.05, 4.69) is 174 Å². The second kappa shape index (κ2) is 80.0. The maximum absolute atomic E-state index is 13.1. The molecule has 0 aromatic carbocycles. The van der Waals surface area contributed by atoms with Crippen molar-refractivity contribution in [3.8, 4) is 0 Å². The Hall–Kier alpha value is -5.06. The van der Waals surface area contributed by atoms with Gasteiger partial charge in [-0.05, 0) is 167 Å². The number of carbonyl (C=O) groups excluding carboxylic acids is 4. The number of esters is 4. The van der Waals surface area contributed by atoms with Crippen LogP contribution in [0.2, 0.25) is 0 Å². The van der Waals surface area contributed by atoms with Crippen LogP contribution in [0, 0.1) is 0 Å². The molecule has 0 aliphatic rings. The highest BCUT2D eigenvalue weighted by atomic mass is 31.2. The Kier molecular flexibility index (Phi) is 76.3. The molecule has 5 atom stereocenters. The Morgan fingerprint density at radius 1 is 0.269 bits per heavy atom. The number of allylic oxidation sites excluding steroid dienone is 24. The average molecular weight is 1550 g/mol. The molecule has 0 saturated carbocycles. The minimum absolute atomic E-state index is 0.0634. The molecule has 0 bridgehead atoms. The lowest BCUT2D eigenvalue weighted by Crippen LogP contribution is -2.30. The molecular weight excluding hydrogens is 1400 g/mol. The van der Waals surface area contributed by atoms with E-state index in [1.54, 1.807) is 0 Å². The van der Waals surface area contributed by atoms with E-state index >= 15 is 0 Å². The average Bonchev–Trinajstić information content (AvgIpc) is 0.923. The number of hydrogen-bond donors (Lipinski definition) is 3. The zero-order valence-corrected chi connectivity index (χ0v) is 69.5. The molecule has 0 rings (SSSR count). The Bertz CT molecular complexity index is 2610. The second-order valence-corrected chi connectivity index (χ2v) is 30.6. The fraction of sp³-hybridized carbons (Fsp3) is 0.685. The van der Waals surface area contributed by atoms with Crippen molar-refractivity contribution in [2.45, 2.75) is 354 Å². The van der Waals surface area contributed by atoms with E-state index in [0.717, 1.165) is 199 Å². The number of aliphatic hydroxyl groups excluding tert-OH is 1. The van der Waals surface area contributed by atoms with E-state index < -0.39 is 97.5 Å². The summed E-state index contributed by atoms with van der Waals surface area (Å²) in [5, 5.41) is 10.7. The Balaban J connectivity index is 5.42. The molecular formula is C89H150O17P2. The summed E-state index contributed by atoms with van der Waals surface area (Å²) >= 11 is 0. The van der Waals surface area contributed by atoms with Crippen molar-refractivity contribution in [1.29, 1.82) is 0 Å². The summed E-state index contributed by atoms with van der Waals surface area (Å²) in [6.45, 7) is 4.56. The zero-order chi connectivity index (χ0) is 78.9. The topological polar surface area (TPSA) is 237 Å². The molecule has 0 radical (unpaired) electrons. The van der Waals surface area contributed by atoms with E-state index in [1.807, 2.05) is 0 Å². The lowest BCUT2D eigenvalue weighted by Gasteiger charge is -2.21. The van der Waals surface area contributed by atoms with Crippen LogP contribution in [-0.4, -0.2) is 96.7 Å². The molecule has 0 aromatic rings. The van der Waals surface area contributed by atoms with Crippen molar-refractivity contribution < 1.29 is 80.2 Å². The third-order valence-corrected chi connectivity index (χ3v) is 19.2. The fourth-order valence-electron chi connectivity index (χ4n) is 10.9. The first kappa shape index (κ1) is 103. The van der Waals surface area contributed by atoms with Crippen LogP contribution in [0.1, 0.15) is 336 Å². The molecule has 0 saturated heterocycles. The van der Waals surface area contributed by atoms with Gasteiger partial charge in [0.2, 0.25) is 0 Å². The molecule has 5 unspecified atom stereocenters. The van der Waals surface area contributed by atoms with E-state index in [4.69, 9.17) is 37.0 Å². The van der Waals surface area contributed by atoms with E-state index in [0.29, 0.717) is 25.7 Å². The first-order valence-corrected chi connectivity index (χ1v) is 45.1. The Morgan fingerprint density at radius 2 is 0.481 bits per heavy atom. The molecule has 3 N–H and O–H groups in total. The summed E-state index contributed by atoms with van der Waals surface area (Å²) < 4.78 is 68.7. The molecule has 0 aromatic heterocycles. The quantitative estimate of drug-likeness (QED) is 0.0169. The highest BCUT2D eigenvalue weighted by molar-refractivity contribution is 7.47. The molecule has 0 spiro atoms. The minimum Gasteiger partial charge on any atom is -0.462 e. The van der Waals surface area contributed by atoms with Crippen LogP contribution in [-0.2, 0) is 65.4 Å². The van der Waals surface area contributed by atoms with Crippen LogP contribution >= 0.6 is 15.6 Å². The zero-order valence-electron chi connectivity index (χ0n) is 67.7. The predicted molar refractivity (Wildman–Crippen MR) is 445 cm³/mol. The van der Waals surface area contributed by atoms with Gasteiger partial charge in [-0.1, -0.05) is 289 Å². The number of phosphoric acid groups is 2. The number of hydrogen-bond acceptors (Lipinski definition) is 15. The van der Waals surface area contributed by atoms with Gasteiger partial charge in [-0.3, -0.25) is 37.3 Å². The molecule has 0 heterocycles. The van der Waals surface area contributed by atoms with Crippen molar-refractivity contribution in [2.75, 3.05) is 39.6 Å². The van der Waals surface area contributed by atoms with E-state index in [-0.39, 0.29) is 25.7 Å². The third-order valence-electron chi connectivity index (χ3n) is 17.3. The van der Waals surface area contributed by atoms with Crippen LogP contribution in [0.5, 0.6) is 0 Å². The molecule has 0 aliphatic carbocycles. The molecule has 0 fully saturated rings. The second-order valence-electron chi connectivity index (χ2n) is 27.6. The SMILES string of the molecule is CC/C=C\C/C=C\C/C=C\C/C=C\C/C=C\CCCCCC(=O)OCC(COP(=O)(O)OCC(O)COP(=O)(O)OCC(COC(=O)CCCCCCCC/C=C\C/C=C\C/C=C\CCCCC)OC(=O)CCCCCCC/C=C\CCCCCCCC)OC(=O)CCCCCCC/C=C\C/C=C\C/C=C\CC. The highest BCUT2D eigenvalue weighted by Gasteiger charge is 2.30. The highest BCUT2D eigenvalue weighted by Crippen LogP contribution is 2.45. The van der Waals surface area contributed by atoms with Gasteiger partial charge in [-0.25, -0.2) is 9.13 Å². The number of carbonyl (C=O) groups is 4. The Labute approximate surface area is 656 Å². The smallest absolute Gasteiger partial charge is 0.462 e. The van der Waals surface area contributed by atoms with Crippen molar-refractivity contribution in [2.24, 2.45) is 0 Å². The summed E-state index contributed by atoms with van der Waals surface area (Å²) in [6, 6.07) is 0. The molecule has 618 valence electrons. The Morgan fingerprint density at radius 3 is 0.778 bits per heavy atom. The van der Waals surface area contributed by atoms with E-state index in [9.17, 15) is 43.2 Å². The summed E-state index contributed by atoms with van der Waals surface area (Å²) in [5.41, 5.74) is 0. The van der Waals surface area contributed by atoms with Gasteiger partial charge in [0, 0.05) is 25.7 Å². The largest absolute Gasteiger partial charge is 0.472 e. The first-order valence-electron chi connectivity index (χ1n) is 42.1. The third kappa shape index (κ3) is 79.0. The lowest BCUT2D eigenvalue weighted by molar-refractivity contribution is -0.161. The van der Waals surface area contributed by atoms with Crippen LogP contribution in [0.3, 0.4) is 0 Å². The van der Waals surface area contributed by atoms with Crippen LogP contribution < -0.4 is 0 Å². The van der Waals surface area contributed by atoms with Gasteiger partial charge in [-0.2, -0.15) is 0 Å². The van der Waals surface area contributed by atoms with Crippen LogP contribution in [0.25, 0.3) is 0 Å². The van der Waals surface area contributed by atoms with Gasteiger partial charge in [0.1, 0.15) is 19.3 Å². The van der Waals surface area contributed by atoms with Gasteiger partial charge >= 0.3 is 39.5 Å². The number of aliphatic hydroxyl groups is 1.